The van der Waals surface area contributed by atoms with Crippen molar-refractivity contribution in [3.8, 4) is 0 Å². The summed E-state index contributed by atoms with van der Waals surface area (Å²) >= 11 is 0. The summed E-state index contributed by atoms with van der Waals surface area (Å²) < 4.78 is 4.59. The minimum Gasteiger partial charge on any atom is -0.364 e. The molecule has 78 valence electrons. The molecule has 0 saturated heterocycles. The third kappa shape index (κ3) is 3.20. The highest BCUT2D eigenvalue weighted by molar-refractivity contribution is 5.93. The Morgan fingerprint density at radius 3 is 2.79 bits per heavy atom. The molecule has 1 atom stereocenters. The summed E-state index contributed by atoms with van der Waals surface area (Å²) in [5.74, 6) is 0.451. The third-order valence-corrected chi connectivity index (χ3v) is 1.90. The number of nitrogens with zero attached hydrogens (tertiary/aromatic N) is 1. The Balaban J connectivity index is 2.41. The predicted octanol–water partition coefficient (Wildman–Crippen LogP) is 1.84. The van der Waals surface area contributed by atoms with Crippen LogP contribution in [-0.2, 0) is 0 Å². The van der Waals surface area contributed by atoms with E-state index in [-0.39, 0.29) is 11.9 Å². The fourth-order valence-corrected chi connectivity index (χ4v) is 1.39. The van der Waals surface area contributed by atoms with E-state index in [2.05, 4.69) is 28.8 Å². The first-order valence-corrected chi connectivity index (χ1v) is 4.80. The van der Waals surface area contributed by atoms with Gasteiger partial charge in [0.1, 0.15) is 6.26 Å². The van der Waals surface area contributed by atoms with Gasteiger partial charge in [-0.2, -0.15) is 0 Å². The number of hydrogen-bond donors (Lipinski definition) is 1. The van der Waals surface area contributed by atoms with E-state index < -0.39 is 0 Å². The molecule has 14 heavy (non-hydrogen) atoms. The summed E-state index contributed by atoms with van der Waals surface area (Å²) in [7, 11) is 0. The number of amides is 1. The maximum absolute atomic E-state index is 11.5. The van der Waals surface area contributed by atoms with Crippen LogP contribution in [0.4, 0.5) is 0 Å². The van der Waals surface area contributed by atoms with Crippen LogP contribution in [0.3, 0.4) is 0 Å². The Labute approximate surface area is 83.7 Å². The van der Waals surface area contributed by atoms with Crippen LogP contribution >= 0.6 is 0 Å². The van der Waals surface area contributed by atoms with E-state index in [1.165, 1.54) is 12.5 Å². The lowest BCUT2D eigenvalue weighted by atomic mass is 10.1. The van der Waals surface area contributed by atoms with Crippen LogP contribution in [0.5, 0.6) is 0 Å². The standard InChI is InChI=1S/C10H16N2O2/c1-7(2)4-8(3)12-10(13)9-5-11-14-6-9/h5-8H,4H2,1-3H3,(H,12,13). The quantitative estimate of drug-likeness (QED) is 0.799. The molecule has 0 aromatic carbocycles. The molecule has 0 saturated carbocycles. The third-order valence-electron chi connectivity index (χ3n) is 1.90. The average molecular weight is 196 g/mol. The van der Waals surface area contributed by atoms with Crippen LogP contribution < -0.4 is 5.32 Å². The number of nitrogens with one attached hydrogen (secondary N) is 1. The largest absolute Gasteiger partial charge is 0.364 e. The molecule has 0 aliphatic heterocycles. The molecule has 0 fully saturated rings. The summed E-state index contributed by atoms with van der Waals surface area (Å²) in [6.45, 7) is 6.25. The molecule has 0 bridgehead atoms. The van der Waals surface area contributed by atoms with E-state index >= 15 is 0 Å². The number of carbonyl (C=O) groups is 1. The summed E-state index contributed by atoms with van der Waals surface area (Å²) in [5.41, 5.74) is 0.473. The molecule has 4 heteroatoms. The SMILES string of the molecule is CC(C)CC(C)NC(=O)c1cnoc1. The van der Waals surface area contributed by atoms with Gasteiger partial charge in [-0.25, -0.2) is 0 Å². The molecule has 1 N–H and O–H groups in total. The molecule has 1 aromatic heterocycles. The van der Waals surface area contributed by atoms with Gasteiger partial charge in [0, 0.05) is 6.04 Å². The first kappa shape index (κ1) is 10.8. The van der Waals surface area contributed by atoms with E-state index in [9.17, 15) is 4.79 Å². The van der Waals surface area contributed by atoms with Gasteiger partial charge >= 0.3 is 0 Å². The van der Waals surface area contributed by atoms with Crippen LogP contribution in [0.15, 0.2) is 17.0 Å². The van der Waals surface area contributed by atoms with Gasteiger partial charge in [0.25, 0.3) is 5.91 Å². The zero-order valence-electron chi connectivity index (χ0n) is 8.78. The molecule has 1 rings (SSSR count). The van der Waals surface area contributed by atoms with Gasteiger partial charge in [0.15, 0.2) is 0 Å². The number of hydrogen-bond acceptors (Lipinski definition) is 3. The maximum Gasteiger partial charge on any atom is 0.256 e. The second-order valence-corrected chi connectivity index (χ2v) is 3.92. The Bertz CT molecular complexity index is 280. The van der Waals surface area contributed by atoms with Crippen LogP contribution in [-0.4, -0.2) is 17.1 Å². The normalized spacial score (nSPS) is 12.9. The lowest BCUT2D eigenvalue weighted by molar-refractivity contribution is 0.0935. The van der Waals surface area contributed by atoms with Crippen molar-refractivity contribution in [1.82, 2.24) is 10.5 Å². The maximum atomic E-state index is 11.5. The molecule has 0 aliphatic rings. The molecule has 1 amide bonds. The van der Waals surface area contributed by atoms with Crippen molar-refractivity contribution < 1.29 is 9.32 Å². The number of aromatic nitrogens is 1. The first-order valence-electron chi connectivity index (χ1n) is 4.80. The second kappa shape index (κ2) is 4.79. The molecular formula is C10H16N2O2. The molecule has 1 unspecified atom stereocenters. The Morgan fingerprint density at radius 2 is 2.29 bits per heavy atom. The summed E-state index contributed by atoms with van der Waals surface area (Å²) in [6.07, 6.45) is 3.73. The van der Waals surface area contributed by atoms with Crippen LogP contribution in [0.25, 0.3) is 0 Å². The molecule has 0 radical (unpaired) electrons. The zero-order valence-corrected chi connectivity index (χ0v) is 8.78. The lowest BCUT2D eigenvalue weighted by Crippen LogP contribution is -2.33. The number of carbonyl (C=O) groups excluding carboxylic acids is 1. The highest BCUT2D eigenvalue weighted by atomic mass is 16.5. The Hall–Kier alpha value is -1.32. The highest BCUT2D eigenvalue weighted by Gasteiger charge is 2.12. The smallest absolute Gasteiger partial charge is 0.256 e. The minimum absolute atomic E-state index is 0.126. The number of rotatable bonds is 4. The van der Waals surface area contributed by atoms with Gasteiger partial charge in [0.05, 0.1) is 11.8 Å². The zero-order chi connectivity index (χ0) is 10.6. The van der Waals surface area contributed by atoms with Crippen LogP contribution in [0.1, 0.15) is 37.6 Å². The van der Waals surface area contributed by atoms with E-state index in [1.54, 1.807) is 0 Å². The Morgan fingerprint density at radius 1 is 1.57 bits per heavy atom. The van der Waals surface area contributed by atoms with Crippen molar-refractivity contribution in [1.29, 1.82) is 0 Å². The fourth-order valence-electron chi connectivity index (χ4n) is 1.39. The van der Waals surface area contributed by atoms with Crippen molar-refractivity contribution in [2.75, 3.05) is 0 Å². The minimum atomic E-state index is -0.126. The van der Waals surface area contributed by atoms with Gasteiger partial charge in [0.2, 0.25) is 0 Å². The van der Waals surface area contributed by atoms with E-state index in [1.807, 2.05) is 6.92 Å². The van der Waals surface area contributed by atoms with Crippen LogP contribution in [0, 0.1) is 5.92 Å². The first-order chi connectivity index (χ1) is 6.59. The van der Waals surface area contributed by atoms with Crippen LogP contribution in [0.2, 0.25) is 0 Å². The van der Waals surface area contributed by atoms with Gasteiger partial charge < -0.3 is 9.84 Å². The van der Waals surface area contributed by atoms with Crippen molar-refractivity contribution in [2.45, 2.75) is 33.2 Å². The predicted molar refractivity (Wildman–Crippen MR) is 52.9 cm³/mol. The molecule has 1 heterocycles. The summed E-state index contributed by atoms with van der Waals surface area (Å²) in [5, 5.41) is 6.35. The molecule has 0 aliphatic carbocycles. The highest BCUT2D eigenvalue weighted by Crippen LogP contribution is 2.05. The van der Waals surface area contributed by atoms with Crippen molar-refractivity contribution in [2.24, 2.45) is 5.92 Å². The summed E-state index contributed by atoms with van der Waals surface area (Å²) in [4.78, 5) is 11.5. The Kier molecular flexibility index (Phi) is 3.68. The monoisotopic (exact) mass is 196 g/mol. The van der Waals surface area contributed by atoms with Crippen molar-refractivity contribution in [3.63, 3.8) is 0 Å². The van der Waals surface area contributed by atoms with Crippen molar-refractivity contribution >= 4 is 5.91 Å². The average Bonchev–Trinajstić information content (AvgIpc) is 2.53. The van der Waals surface area contributed by atoms with E-state index in [4.69, 9.17) is 0 Å². The van der Waals surface area contributed by atoms with Gasteiger partial charge in [-0.05, 0) is 19.3 Å². The molecule has 1 aromatic rings. The van der Waals surface area contributed by atoms with Crippen molar-refractivity contribution in [3.05, 3.63) is 18.0 Å². The van der Waals surface area contributed by atoms with Gasteiger partial charge in [-0.3, -0.25) is 4.79 Å². The van der Waals surface area contributed by atoms with Gasteiger partial charge in [-0.1, -0.05) is 19.0 Å². The molecule has 4 nitrogen and oxygen atoms in total. The summed E-state index contributed by atoms with van der Waals surface area (Å²) in [6, 6.07) is 0.178. The second-order valence-electron chi connectivity index (χ2n) is 3.92. The van der Waals surface area contributed by atoms with E-state index in [0.29, 0.717) is 11.5 Å². The van der Waals surface area contributed by atoms with Gasteiger partial charge in [-0.15, -0.1) is 0 Å². The molecular weight excluding hydrogens is 180 g/mol. The van der Waals surface area contributed by atoms with E-state index in [0.717, 1.165) is 6.42 Å². The molecule has 0 spiro atoms. The topological polar surface area (TPSA) is 55.1 Å². The fraction of sp³-hybridized carbons (Fsp3) is 0.600. The lowest BCUT2D eigenvalue weighted by Gasteiger charge is -2.14.